The lowest BCUT2D eigenvalue weighted by Crippen LogP contribution is -2.15. The smallest absolute Gasteiger partial charge is 0.0540 e. The van der Waals surface area contributed by atoms with Crippen LogP contribution < -0.4 is 4.90 Å². The first-order valence-corrected chi connectivity index (χ1v) is 20.2. The van der Waals surface area contributed by atoms with Crippen LogP contribution >= 0.6 is 0 Å². The Bertz CT molecular complexity index is 3070. The highest BCUT2D eigenvalue weighted by atomic mass is 15.1. The highest BCUT2D eigenvalue weighted by molar-refractivity contribution is 6.09. The molecule has 0 spiro atoms. The van der Waals surface area contributed by atoms with Crippen molar-refractivity contribution >= 4 is 38.6 Å². The van der Waals surface area contributed by atoms with Crippen molar-refractivity contribution in [3.05, 3.63) is 210 Å². The molecule has 0 aromatic heterocycles. The van der Waals surface area contributed by atoms with Crippen LogP contribution in [0.5, 0.6) is 0 Å². The number of hydrogen-bond donors (Lipinski definition) is 0. The molecule has 2 aliphatic rings. The van der Waals surface area contributed by atoms with Gasteiger partial charge in [0.1, 0.15) is 0 Å². The summed E-state index contributed by atoms with van der Waals surface area (Å²) in [6, 6.07) is 70.1. The molecule has 0 heterocycles. The standard InChI is InChI=1S/C56H43N/c1-55(2)49-20-10-7-16-44(49)48-35-38(28-33-51(48)55)36-26-29-40(30-27-36)57(41-31-32-43-39(34-41)25-24-37-14-5-6-15-42(37)43)53-23-12-9-17-45(53)46-19-13-22-52-54(46)47-18-8-11-21-50(47)56(52,3)4/h5-35H,1-4H3. The molecule has 0 saturated heterocycles. The minimum absolute atomic E-state index is 0.00888. The van der Waals surface area contributed by atoms with E-state index in [1.54, 1.807) is 0 Å². The molecule has 0 saturated carbocycles. The van der Waals surface area contributed by atoms with Gasteiger partial charge in [0, 0.05) is 27.8 Å². The average molecular weight is 730 g/mol. The predicted octanol–water partition coefficient (Wildman–Crippen LogP) is 15.4. The van der Waals surface area contributed by atoms with Crippen LogP contribution in [0.1, 0.15) is 49.9 Å². The van der Waals surface area contributed by atoms with Crippen molar-refractivity contribution in [2.75, 3.05) is 4.90 Å². The number of nitrogens with zero attached hydrogens (tertiary/aromatic N) is 1. The molecule has 0 aliphatic heterocycles. The van der Waals surface area contributed by atoms with Gasteiger partial charge in [-0.25, -0.2) is 0 Å². The van der Waals surface area contributed by atoms with Gasteiger partial charge in [0.2, 0.25) is 0 Å². The van der Waals surface area contributed by atoms with E-state index < -0.39 is 0 Å². The molecule has 0 unspecified atom stereocenters. The number of hydrogen-bond acceptors (Lipinski definition) is 1. The van der Waals surface area contributed by atoms with E-state index in [0.29, 0.717) is 0 Å². The second kappa shape index (κ2) is 12.4. The Labute approximate surface area is 335 Å². The van der Waals surface area contributed by atoms with E-state index in [2.05, 4.69) is 221 Å². The van der Waals surface area contributed by atoms with E-state index in [4.69, 9.17) is 0 Å². The van der Waals surface area contributed by atoms with Gasteiger partial charge in [-0.3, -0.25) is 0 Å². The maximum absolute atomic E-state index is 2.46. The molecule has 0 fully saturated rings. The number of benzene rings is 9. The molecule has 0 N–H and O–H groups in total. The van der Waals surface area contributed by atoms with Crippen molar-refractivity contribution in [2.45, 2.75) is 38.5 Å². The van der Waals surface area contributed by atoms with Gasteiger partial charge < -0.3 is 4.90 Å². The van der Waals surface area contributed by atoms with Gasteiger partial charge in [-0.1, -0.05) is 179 Å². The molecule has 1 heteroatoms. The normalized spacial score (nSPS) is 14.2. The summed E-state index contributed by atoms with van der Waals surface area (Å²) in [6.45, 7) is 9.41. The maximum Gasteiger partial charge on any atom is 0.0540 e. The van der Waals surface area contributed by atoms with Crippen molar-refractivity contribution in [1.82, 2.24) is 0 Å². The van der Waals surface area contributed by atoms with Crippen LogP contribution in [0.25, 0.3) is 66.1 Å². The Kier molecular flexibility index (Phi) is 7.32. The molecule has 1 nitrogen and oxygen atoms in total. The third-order valence-corrected chi connectivity index (χ3v) is 13.1. The summed E-state index contributed by atoms with van der Waals surface area (Å²) in [5.41, 5.74) is 19.2. The number of anilines is 3. The van der Waals surface area contributed by atoms with E-state index in [9.17, 15) is 0 Å². The lowest BCUT2D eigenvalue weighted by atomic mass is 9.82. The van der Waals surface area contributed by atoms with Crippen LogP contribution in [0.15, 0.2) is 188 Å². The summed E-state index contributed by atoms with van der Waals surface area (Å²) in [5, 5.41) is 5.03. The van der Waals surface area contributed by atoms with E-state index in [-0.39, 0.29) is 10.8 Å². The Balaban J connectivity index is 1.08. The van der Waals surface area contributed by atoms with Crippen LogP contribution in [-0.4, -0.2) is 0 Å². The second-order valence-electron chi connectivity index (χ2n) is 16.9. The van der Waals surface area contributed by atoms with Crippen LogP contribution in [0, 0.1) is 0 Å². The van der Waals surface area contributed by atoms with E-state index >= 15 is 0 Å². The summed E-state index contributed by atoms with van der Waals surface area (Å²) >= 11 is 0. The average Bonchev–Trinajstić information content (AvgIpc) is 3.63. The first-order chi connectivity index (χ1) is 27.8. The van der Waals surface area contributed by atoms with Gasteiger partial charge >= 0.3 is 0 Å². The van der Waals surface area contributed by atoms with Gasteiger partial charge in [0.05, 0.1) is 5.69 Å². The summed E-state index contributed by atoms with van der Waals surface area (Å²) in [5.74, 6) is 0. The highest BCUT2D eigenvalue weighted by Gasteiger charge is 2.37. The topological polar surface area (TPSA) is 3.24 Å². The number of fused-ring (bicyclic) bond motifs is 9. The van der Waals surface area contributed by atoms with E-state index in [1.165, 1.54) is 88.3 Å². The highest BCUT2D eigenvalue weighted by Crippen LogP contribution is 2.54. The molecule has 272 valence electrons. The van der Waals surface area contributed by atoms with Gasteiger partial charge in [-0.2, -0.15) is 0 Å². The molecule has 9 aromatic rings. The zero-order valence-electron chi connectivity index (χ0n) is 32.8. The molecule has 57 heavy (non-hydrogen) atoms. The van der Waals surface area contributed by atoms with Crippen LogP contribution in [0.3, 0.4) is 0 Å². The SMILES string of the molecule is CC1(C)c2ccccc2-c2cc(-c3ccc(N(c4ccc5c(ccc6ccccc65)c4)c4ccccc4-c4cccc5c4-c4ccccc4C5(C)C)cc3)ccc21. The molecule has 0 amide bonds. The lowest BCUT2D eigenvalue weighted by Gasteiger charge is -2.29. The summed E-state index contributed by atoms with van der Waals surface area (Å²) < 4.78 is 0. The lowest BCUT2D eigenvalue weighted by molar-refractivity contribution is 0.660. The molecule has 0 radical (unpaired) electrons. The van der Waals surface area contributed by atoms with Crippen molar-refractivity contribution < 1.29 is 0 Å². The first kappa shape index (κ1) is 33.6. The fourth-order valence-corrected chi connectivity index (χ4v) is 10.1. The Morgan fingerprint density at radius 2 is 0.895 bits per heavy atom. The van der Waals surface area contributed by atoms with E-state index in [1.807, 2.05) is 0 Å². The third-order valence-electron chi connectivity index (χ3n) is 13.1. The van der Waals surface area contributed by atoms with Gasteiger partial charge in [0.15, 0.2) is 0 Å². The third kappa shape index (κ3) is 5.02. The Morgan fingerprint density at radius 1 is 0.333 bits per heavy atom. The van der Waals surface area contributed by atoms with E-state index in [0.717, 1.165) is 17.1 Å². The zero-order valence-corrected chi connectivity index (χ0v) is 32.8. The van der Waals surface area contributed by atoms with Crippen molar-refractivity contribution in [3.63, 3.8) is 0 Å². The maximum atomic E-state index is 2.46. The molecule has 9 aromatic carbocycles. The van der Waals surface area contributed by atoms with Crippen molar-refractivity contribution in [3.8, 4) is 44.5 Å². The van der Waals surface area contributed by atoms with Gasteiger partial charge in [-0.15, -0.1) is 0 Å². The first-order valence-electron chi connectivity index (χ1n) is 20.2. The molecule has 2 aliphatic carbocycles. The van der Waals surface area contributed by atoms with Gasteiger partial charge in [-0.05, 0) is 119 Å². The summed E-state index contributed by atoms with van der Waals surface area (Å²) in [7, 11) is 0. The van der Waals surface area contributed by atoms with Crippen LogP contribution in [0.4, 0.5) is 17.1 Å². The fourth-order valence-electron chi connectivity index (χ4n) is 10.1. The quantitative estimate of drug-likeness (QED) is 0.159. The summed E-state index contributed by atoms with van der Waals surface area (Å²) in [4.78, 5) is 2.46. The van der Waals surface area contributed by atoms with Crippen LogP contribution in [0.2, 0.25) is 0 Å². The predicted molar refractivity (Wildman–Crippen MR) is 242 cm³/mol. The number of para-hydroxylation sites is 1. The molecule has 0 atom stereocenters. The second-order valence-corrected chi connectivity index (χ2v) is 16.9. The molecule has 0 bridgehead atoms. The zero-order chi connectivity index (χ0) is 38.5. The monoisotopic (exact) mass is 729 g/mol. The molecule has 11 rings (SSSR count). The minimum Gasteiger partial charge on any atom is -0.310 e. The van der Waals surface area contributed by atoms with Crippen molar-refractivity contribution in [2.24, 2.45) is 0 Å². The minimum atomic E-state index is -0.0805. The molecular formula is C56H43N. The molecular weight excluding hydrogens is 687 g/mol. The fraction of sp³-hybridized carbons (Fsp3) is 0.107. The Morgan fingerprint density at radius 3 is 1.72 bits per heavy atom. The van der Waals surface area contributed by atoms with Gasteiger partial charge in [0.25, 0.3) is 0 Å². The van der Waals surface area contributed by atoms with Crippen LogP contribution in [-0.2, 0) is 10.8 Å². The van der Waals surface area contributed by atoms with Crippen molar-refractivity contribution in [1.29, 1.82) is 0 Å². The largest absolute Gasteiger partial charge is 0.310 e. The summed E-state index contributed by atoms with van der Waals surface area (Å²) in [6.07, 6.45) is 0. The Hall–Kier alpha value is -6.70. The number of rotatable bonds is 5.